The lowest BCUT2D eigenvalue weighted by Gasteiger charge is -2.24. The minimum atomic E-state index is -1.11. The largest absolute Gasteiger partial charge is 0.466 e. The van der Waals surface area contributed by atoms with E-state index in [0.717, 1.165) is 35.4 Å². The third-order valence-electron chi connectivity index (χ3n) is 5.40. The molecule has 0 aliphatic carbocycles. The lowest BCUT2D eigenvalue weighted by molar-refractivity contribution is -0.124. The fourth-order valence-corrected chi connectivity index (χ4v) is 3.78. The first-order valence-electron chi connectivity index (χ1n) is 11.1. The van der Waals surface area contributed by atoms with Gasteiger partial charge in [0.25, 0.3) is 5.91 Å². The minimum absolute atomic E-state index is 0. The van der Waals surface area contributed by atoms with Gasteiger partial charge >= 0.3 is 0 Å². The van der Waals surface area contributed by atoms with Crippen LogP contribution in [0.1, 0.15) is 49.3 Å². The molecule has 1 aliphatic rings. The normalized spacial score (nSPS) is 17.7. The number of ether oxygens (including phenoxy) is 1. The number of guanidine groups is 1. The summed E-state index contributed by atoms with van der Waals surface area (Å²) in [6.45, 7) is 9.47. The van der Waals surface area contributed by atoms with Crippen molar-refractivity contribution in [3.8, 4) is 0 Å². The zero-order valence-corrected chi connectivity index (χ0v) is 22.1. The number of aliphatic hydroxyl groups is 1. The molecule has 3 rings (SSSR count). The number of benzene rings is 1. The molecule has 33 heavy (non-hydrogen) atoms. The molecule has 0 bridgehead atoms. The van der Waals surface area contributed by atoms with E-state index in [2.05, 4.69) is 20.9 Å². The number of hydrogen-bond donors (Lipinski definition) is 4. The lowest BCUT2D eigenvalue weighted by atomic mass is 9.96. The molecule has 9 heteroatoms. The Balaban J connectivity index is 0.00000385. The predicted molar refractivity (Wildman–Crippen MR) is 140 cm³/mol. The number of hydrogen-bond acceptors (Lipinski definition) is 5. The van der Waals surface area contributed by atoms with Gasteiger partial charge in [0.05, 0.1) is 13.1 Å². The van der Waals surface area contributed by atoms with E-state index in [0.29, 0.717) is 31.4 Å². The number of aliphatic imine (C=N–C) groups is 1. The summed E-state index contributed by atoms with van der Waals surface area (Å²) in [6.07, 6.45) is 1.31. The summed E-state index contributed by atoms with van der Waals surface area (Å²) >= 11 is 0. The van der Waals surface area contributed by atoms with Crippen molar-refractivity contribution in [3.63, 3.8) is 0 Å². The number of carbonyl (C=O) groups is 1. The van der Waals surface area contributed by atoms with Crippen molar-refractivity contribution in [2.24, 2.45) is 4.99 Å². The van der Waals surface area contributed by atoms with Crippen LogP contribution in [0.4, 0.5) is 5.69 Å². The van der Waals surface area contributed by atoms with Crippen molar-refractivity contribution in [2.75, 3.05) is 25.0 Å². The molecule has 1 aromatic heterocycles. The van der Waals surface area contributed by atoms with E-state index < -0.39 is 5.60 Å². The van der Waals surface area contributed by atoms with Gasteiger partial charge in [-0.25, -0.2) is 4.99 Å². The van der Waals surface area contributed by atoms with Crippen LogP contribution in [0.25, 0.3) is 0 Å². The van der Waals surface area contributed by atoms with Crippen LogP contribution >= 0.6 is 24.0 Å². The molecule has 182 valence electrons. The fraction of sp³-hybridized carbons (Fsp3) is 0.500. The first-order valence-corrected chi connectivity index (χ1v) is 11.1. The van der Waals surface area contributed by atoms with Gasteiger partial charge in [0.15, 0.2) is 5.96 Å². The molecule has 2 aromatic rings. The SMILES string of the molecule is CCNC(=NCc1cccc(NC(=O)C2CCCO2)c1)NCC(C)(O)c1cc(C)oc1C.I. The maximum atomic E-state index is 12.3. The highest BCUT2D eigenvalue weighted by atomic mass is 127. The molecule has 4 N–H and O–H groups in total. The number of nitrogens with one attached hydrogen (secondary N) is 3. The molecule has 0 spiro atoms. The van der Waals surface area contributed by atoms with Gasteiger partial charge in [-0.15, -0.1) is 24.0 Å². The number of nitrogens with zero attached hydrogens (tertiary/aromatic N) is 1. The number of aryl methyl sites for hydroxylation is 2. The number of halogens is 1. The zero-order valence-electron chi connectivity index (χ0n) is 19.7. The van der Waals surface area contributed by atoms with Gasteiger partial charge in [-0.1, -0.05) is 12.1 Å². The Morgan fingerprint density at radius 1 is 1.27 bits per heavy atom. The van der Waals surface area contributed by atoms with Crippen molar-refractivity contribution in [2.45, 2.75) is 58.8 Å². The van der Waals surface area contributed by atoms with Gasteiger partial charge in [-0.05, 0) is 64.3 Å². The van der Waals surface area contributed by atoms with Gasteiger partial charge in [0, 0.05) is 24.4 Å². The summed E-state index contributed by atoms with van der Waals surface area (Å²) in [4.78, 5) is 16.9. The van der Waals surface area contributed by atoms with Crippen LogP contribution in [0.2, 0.25) is 0 Å². The number of furan rings is 1. The van der Waals surface area contributed by atoms with Gasteiger partial charge in [-0.3, -0.25) is 4.79 Å². The van der Waals surface area contributed by atoms with E-state index in [9.17, 15) is 9.90 Å². The molecule has 1 saturated heterocycles. The van der Waals surface area contributed by atoms with Crippen LogP contribution < -0.4 is 16.0 Å². The van der Waals surface area contributed by atoms with Crippen molar-refractivity contribution in [3.05, 3.63) is 53.0 Å². The Kier molecular flexibility index (Phi) is 10.2. The third kappa shape index (κ3) is 7.72. The molecule has 1 amide bonds. The predicted octanol–water partition coefficient (Wildman–Crippen LogP) is 3.59. The van der Waals surface area contributed by atoms with Crippen molar-refractivity contribution in [1.29, 1.82) is 0 Å². The van der Waals surface area contributed by atoms with Gasteiger partial charge in [-0.2, -0.15) is 0 Å². The highest BCUT2D eigenvalue weighted by Crippen LogP contribution is 2.26. The Hall–Kier alpha value is -2.11. The summed E-state index contributed by atoms with van der Waals surface area (Å²) in [7, 11) is 0. The van der Waals surface area contributed by atoms with Crippen molar-refractivity contribution < 1.29 is 19.1 Å². The van der Waals surface area contributed by atoms with Gasteiger partial charge < -0.3 is 30.2 Å². The van der Waals surface area contributed by atoms with E-state index in [-0.39, 0.29) is 42.5 Å². The van der Waals surface area contributed by atoms with Crippen LogP contribution in [0, 0.1) is 13.8 Å². The fourth-order valence-electron chi connectivity index (χ4n) is 3.78. The molecule has 1 aliphatic heterocycles. The molecule has 0 saturated carbocycles. The summed E-state index contributed by atoms with van der Waals surface area (Å²) in [5, 5.41) is 20.3. The van der Waals surface area contributed by atoms with Crippen LogP contribution in [-0.4, -0.2) is 42.8 Å². The van der Waals surface area contributed by atoms with Crippen LogP contribution in [-0.2, 0) is 21.7 Å². The number of rotatable bonds is 8. The Bertz CT molecular complexity index is 952. The first kappa shape index (κ1) is 27.1. The highest BCUT2D eigenvalue weighted by molar-refractivity contribution is 14.0. The van der Waals surface area contributed by atoms with Crippen molar-refractivity contribution in [1.82, 2.24) is 10.6 Å². The van der Waals surface area contributed by atoms with Crippen LogP contribution in [0.3, 0.4) is 0 Å². The summed E-state index contributed by atoms with van der Waals surface area (Å²) < 4.78 is 11.0. The molecule has 2 unspecified atom stereocenters. The monoisotopic (exact) mass is 570 g/mol. The van der Waals surface area contributed by atoms with Crippen molar-refractivity contribution >= 4 is 41.5 Å². The average molecular weight is 570 g/mol. The topological polar surface area (TPSA) is 108 Å². The first-order chi connectivity index (χ1) is 15.3. The highest BCUT2D eigenvalue weighted by Gasteiger charge is 2.28. The maximum absolute atomic E-state index is 12.3. The summed E-state index contributed by atoms with van der Waals surface area (Å²) in [5.41, 5.74) is 1.34. The minimum Gasteiger partial charge on any atom is -0.466 e. The number of carbonyl (C=O) groups excluding carboxylic acids is 1. The van der Waals surface area contributed by atoms with Gasteiger partial charge in [0.1, 0.15) is 23.2 Å². The molecule has 1 aromatic carbocycles. The zero-order chi connectivity index (χ0) is 23.1. The van der Waals surface area contributed by atoms with E-state index in [1.807, 2.05) is 51.1 Å². The lowest BCUT2D eigenvalue weighted by Crippen LogP contribution is -2.44. The second-order valence-corrected chi connectivity index (χ2v) is 8.34. The van der Waals surface area contributed by atoms with E-state index in [1.165, 1.54) is 0 Å². The smallest absolute Gasteiger partial charge is 0.253 e. The molecule has 1 fully saturated rings. The van der Waals surface area contributed by atoms with Crippen LogP contribution in [0.5, 0.6) is 0 Å². The summed E-state index contributed by atoms with van der Waals surface area (Å²) in [6, 6.07) is 9.48. The second kappa shape index (κ2) is 12.4. The molecular weight excluding hydrogens is 535 g/mol. The Labute approximate surface area is 212 Å². The molecular formula is C24H35IN4O4. The third-order valence-corrected chi connectivity index (χ3v) is 5.40. The Morgan fingerprint density at radius 3 is 2.70 bits per heavy atom. The summed E-state index contributed by atoms with van der Waals surface area (Å²) in [5.74, 6) is 1.97. The second-order valence-electron chi connectivity index (χ2n) is 8.34. The van der Waals surface area contributed by atoms with E-state index >= 15 is 0 Å². The van der Waals surface area contributed by atoms with E-state index in [1.54, 1.807) is 6.92 Å². The quantitative estimate of drug-likeness (QED) is 0.220. The van der Waals surface area contributed by atoms with E-state index in [4.69, 9.17) is 9.15 Å². The average Bonchev–Trinajstić information content (AvgIpc) is 3.40. The Morgan fingerprint density at radius 2 is 2.06 bits per heavy atom. The number of amides is 1. The molecule has 2 atom stereocenters. The molecule has 0 radical (unpaired) electrons. The maximum Gasteiger partial charge on any atom is 0.253 e. The molecule has 2 heterocycles. The van der Waals surface area contributed by atoms with Crippen LogP contribution in [0.15, 0.2) is 39.7 Å². The molecule has 8 nitrogen and oxygen atoms in total. The number of anilines is 1. The van der Waals surface area contributed by atoms with Gasteiger partial charge in [0.2, 0.25) is 0 Å². The standard InChI is InChI=1S/C24H34N4O4.HI/c1-5-25-23(27-15-24(4,30)20-12-16(2)32-17(20)3)26-14-18-8-6-9-19(13-18)28-22(29)21-10-7-11-31-21;/h6,8-9,12-13,21,30H,5,7,10-11,14-15H2,1-4H3,(H,28,29)(H2,25,26,27);1H.